The highest BCUT2D eigenvalue weighted by Crippen LogP contribution is 2.34. The van der Waals surface area contributed by atoms with Crippen molar-refractivity contribution in [3.8, 4) is 0 Å². The molecule has 2 amide bonds. The molecule has 2 atom stereocenters. The second kappa shape index (κ2) is 7.65. The number of hydrogen-bond donors (Lipinski definition) is 0. The Hall–Kier alpha value is -1.10. The molecule has 2 saturated heterocycles. The van der Waals surface area contributed by atoms with E-state index in [0.29, 0.717) is 19.7 Å². The van der Waals surface area contributed by atoms with Crippen molar-refractivity contribution in [1.82, 2.24) is 9.80 Å². The van der Waals surface area contributed by atoms with E-state index in [0.717, 1.165) is 32.4 Å². The molecule has 2 fully saturated rings. The van der Waals surface area contributed by atoms with Crippen LogP contribution in [-0.4, -0.2) is 60.5 Å². The molecule has 2 rings (SSSR count). The summed E-state index contributed by atoms with van der Waals surface area (Å²) in [6.07, 6.45) is 3.05. The van der Waals surface area contributed by atoms with Gasteiger partial charge in [-0.1, -0.05) is 41.5 Å². The molecule has 0 N–H and O–H groups in total. The van der Waals surface area contributed by atoms with Gasteiger partial charge in [0, 0.05) is 37.0 Å². The van der Waals surface area contributed by atoms with Crippen molar-refractivity contribution in [3.63, 3.8) is 0 Å². The van der Waals surface area contributed by atoms with Gasteiger partial charge < -0.3 is 14.5 Å². The lowest BCUT2D eigenvalue weighted by molar-refractivity contribution is -0.150. The molecule has 2 aliphatic heterocycles. The zero-order valence-electron chi connectivity index (χ0n) is 16.9. The number of likely N-dealkylation sites (tertiary alicyclic amines) is 1. The van der Waals surface area contributed by atoms with Gasteiger partial charge in [0.15, 0.2) is 0 Å². The fourth-order valence-electron chi connectivity index (χ4n) is 3.75. The first-order valence-electron chi connectivity index (χ1n) is 9.74. The summed E-state index contributed by atoms with van der Waals surface area (Å²) in [4.78, 5) is 29.3. The van der Waals surface area contributed by atoms with E-state index in [9.17, 15) is 9.59 Å². The number of ether oxygens (including phenoxy) is 1. The zero-order chi connectivity index (χ0) is 18.8. The second-order valence-corrected chi connectivity index (χ2v) is 9.35. The number of nitrogens with zero attached hydrogens (tertiary/aromatic N) is 2. The molecule has 0 saturated carbocycles. The number of hydrogen-bond acceptors (Lipinski definition) is 3. The average molecular weight is 353 g/mol. The van der Waals surface area contributed by atoms with E-state index >= 15 is 0 Å². The smallest absolute Gasteiger partial charge is 0.228 e. The van der Waals surface area contributed by atoms with Crippen molar-refractivity contribution in [2.45, 2.75) is 66.9 Å². The van der Waals surface area contributed by atoms with Gasteiger partial charge in [0.1, 0.15) is 0 Å². The molecule has 0 spiro atoms. The van der Waals surface area contributed by atoms with Gasteiger partial charge in [0.25, 0.3) is 0 Å². The third-order valence-corrected chi connectivity index (χ3v) is 5.86. The number of carbonyl (C=O) groups is 2. The van der Waals surface area contributed by atoms with E-state index < -0.39 is 5.41 Å². The van der Waals surface area contributed by atoms with Crippen LogP contribution in [0.5, 0.6) is 0 Å². The Morgan fingerprint density at radius 3 is 2.16 bits per heavy atom. The maximum absolute atomic E-state index is 12.9. The third kappa shape index (κ3) is 4.75. The highest BCUT2D eigenvalue weighted by atomic mass is 16.5. The Kier molecular flexibility index (Phi) is 6.18. The molecule has 0 bridgehead atoms. The fourth-order valence-corrected chi connectivity index (χ4v) is 3.75. The van der Waals surface area contributed by atoms with Crippen molar-refractivity contribution in [2.24, 2.45) is 16.7 Å². The third-order valence-electron chi connectivity index (χ3n) is 5.86. The Bertz CT molecular complexity index is 490. The first-order chi connectivity index (χ1) is 11.5. The summed E-state index contributed by atoms with van der Waals surface area (Å²) in [6, 6.07) is 0. The lowest BCUT2D eigenvalue weighted by Gasteiger charge is -2.40. The van der Waals surface area contributed by atoms with Gasteiger partial charge in [-0.15, -0.1) is 0 Å². The van der Waals surface area contributed by atoms with Crippen LogP contribution in [0.1, 0.15) is 60.8 Å². The number of morpholine rings is 1. The summed E-state index contributed by atoms with van der Waals surface area (Å²) >= 11 is 0. The van der Waals surface area contributed by atoms with Crippen molar-refractivity contribution in [1.29, 1.82) is 0 Å². The highest BCUT2D eigenvalue weighted by Gasteiger charge is 2.40. The number of amides is 2. The van der Waals surface area contributed by atoms with Crippen LogP contribution in [0.15, 0.2) is 0 Å². The summed E-state index contributed by atoms with van der Waals surface area (Å²) in [5, 5.41) is 0. The molecule has 2 heterocycles. The molecule has 5 heteroatoms. The Morgan fingerprint density at radius 1 is 1.00 bits per heavy atom. The van der Waals surface area contributed by atoms with Crippen molar-refractivity contribution in [2.75, 3.05) is 32.8 Å². The predicted molar refractivity (Wildman–Crippen MR) is 99.2 cm³/mol. The monoisotopic (exact) mass is 352 g/mol. The molecular formula is C20H36N2O3. The molecule has 2 unspecified atom stereocenters. The summed E-state index contributed by atoms with van der Waals surface area (Å²) in [5.74, 6) is 0.645. The van der Waals surface area contributed by atoms with Crippen LogP contribution in [0.4, 0.5) is 0 Å². The zero-order valence-corrected chi connectivity index (χ0v) is 16.9. The quantitative estimate of drug-likeness (QED) is 0.782. The van der Waals surface area contributed by atoms with Gasteiger partial charge in [0.2, 0.25) is 11.8 Å². The van der Waals surface area contributed by atoms with Gasteiger partial charge in [0.05, 0.1) is 12.7 Å². The largest absolute Gasteiger partial charge is 0.375 e. The van der Waals surface area contributed by atoms with Crippen LogP contribution >= 0.6 is 0 Å². The maximum atomic E-state index is 12.9. The van der Waals surface area contributed by atoms with Crippen molar-refractivity contribution < 1.29 is 14.3 Å². The van der Waals surface area contributed by atoms with E-state index in [1.54, 1.807) is 0 Å². The lowest BCUT2D eigenvalue weighted by atomic mass is 9.75. The van der Waals surface area contributed by atoms with Crippen molar-refractivity contribution in [3.05, 3.63) is 0 Å². The fraction of sp³-hybridized carbons (Fsp3) is 0.900. The van der Waals surface area contributed by atoms with E-state index in [4.69, 9.17) is 4.74 Å². The topological polar surface area (TPSA) is 49.9 Å². The first-order valence-corrected chi connectivity index (χ1v) is 9.74. The molecule has 25 heavy (non-hydrogen) atoms. The Morgan fingerprint density at radius 2 is 1.60 bits per heavy atom. The molecule has 5 nitrogen and oxygen atoms in total. The molecule has 144 valence electrons. The van der Waals surface area contributed by atoms with Crippen LogP contribution in [0, 0.1) is 16.7 Å². The first kappa shape index (κ1) is 20.2. The standard InChI is InChI=1S/C20H36N2O3/c1-15(20(5,6)18(24)21-9-7-8-10-21)13-16-14-22(11-12-25-16)17(23)19(2,3)4/h15-16H,7-14H2,1-6H3. The second-order valence-electron chi connectivity index (χ2n) is 9.35. The minimum Gasteiger partial charge on any atom is -0.375 e. The van der Waals surface area contributed by atoms with Gasteiger partial charge in [-0.25, -0.2) is 0 Å². The van der Waals surface area contributed by atoms with E-state index in [2.05, 4.69) is 20.8 Å². The van der Waals surface area contributed by atoms with Gasteiger partial charge in [-0.2, -0.15) is 0 Å². The summed E-state index contributed by atoms with van der Waals surface area (Å²) in [5.41, 5.74) is -0.761. The predicted octanol–water partition coefficient (Wildman–Crippen LogP) is 2.93. The Labute approximate surface area is 153 Å². The number of rotatable bonds is 4. The van der Waals surface area contributed by atoms with Crippen LogP contribution in [-0.2, 0) is 14.3 Å². The van der Waals surface area contributed by atoms with Crippen LogP contribution in [0.3, 0.4) is 0 Å². The van der Waals surface area contributed by atoms with Crippen LogP contribution < -0.4 is 0 Å². The van der Waals surface area contributed by atoms with Crippen LogP contribution in [0.25, 0.3) is 0 Å². The molecular weight excluding hydrogens is 316 g/mol. The SMILES string of the molecule is CC(CC1CN(C(=O)C(C)(C)C)CCO1)C(C)(C)C(=O)N1CCCC1. The lowest BCUT2D eigenvalue weighted by Crippen LogP contribution is -2.51. The molecule has 0 radical (unpaired) electrons. The normalized spacial score (nSPS) is 23.7. The minimum atomic E-state index is -0.399. The molecule has 0 aromatic heterocycles. The molecule has 0 aromatic rings. The maximum Gasteiger partial charge on any atom is 0.228 e. The minimum absolute atomic E-state index is 0.0145. The van der Waals surface area contributed by atoms with E-state index in [1.807, 2.05) is 30.6 Å². The highest BCUT2D eigenvalue weighted by molar-refractivity contribution is 5.82. The molecule has 0 aliphatic carbocycles. The Balaban J connectivity index is 1.95. The molecule has 2 aliphatic rings. The van der Waals surface area contributed by atoms with E-state index in [1.165, 1.54) is 0 Å². The van der Waals surface area contributed by atoms with E-state index in [-0.39, 0.29) is 29.3 Å². The average Bonchev–Trinajstić information content (AvgIpc) is 3.06. The summed E-state index contributed by atoms with van der Waals surface area (Å²) in [7, 11) is 0. The van der Waals surface area contributed by atoms with Gasteiger partial charge in [-0.05, 0) is 25.2 Å². The summed E-state index contributed by atoms with van der Waals surface area (Å²) in [6.45, 7) is 15.8. The van der Waals surface area contributed by atoms with Gasteiger partial charge >= 0.3 is 0 Å². The number of carbonyl (C=O) groups excluding carboxylic acids is 2. The van der Waals surface area contributed by atoms with Gasteiger partial charge in [-0.3, -0.25) is 9.59 Å². The van der Waals surface area contributed by atoms with Crippen molar-refractivity contribution >= 4 is 11.8 Å². The van der Waals surface area contributed by atoms with Crippen LogP contribution in [0.2, 0.25) is 0 Å². The summed E-state index contributed by atoms with van der Waals surface area (Å²) < 4.78 is 5.92. The molecule has 0 aromatic carbocycles.